The maximum Gasteiger partial charge on any atom is 0.268 e. The molecule has 2 N–H and O–H groups in total. The van der Waals surface area contributed by atoms with Crippen LogP contribution in [0.2, 0.25) is 30.7 Å². The van der Waals surface area contributed by atoms with Crippen LogP contribution >= 0.6 is 11.6 Å². The van der Waals surface area contributed by atoms with Gasteiger partial charge in [0.25, 0.3) is 15.9 Å². The van der Waals surface area contributed by atoms with Gasteiger partial charge < -0.3 is 24.2 Å². The number of hydrogen-bond donors (Lipinski definition) is 2. The van der Waals surface area contributed by atoms with Gasteiger partial charge in [0, 0.05) is 76.3 Å². The lowest BCUT2D eigenvalue weighted by Crippen LogP contribution is -2.47. The van der Waals surface area contributed by atoms with E-state index in [0.29, 0.717) is 48.5 Å². The predicted octanol–water partition coefficient (Wildman–Crippen LogP) is 10.4. The van der Waals surface area contributed by atoms with E-state index in [1.165, 1.54) is 34.9 Å². The lowest BCUT2D eigenvalue weighted by molar-refractivity contribution is 0.00125. The van der Waals surface area contributed by atoms with E-state index in [-0.39, 0.29) is 53.2 Å². The van der Waals surface area contributed by atoms with Crippen molar-refractivity contribution in [2.45, 2.75) is 109 Å². The second kappa shape index (κ2) is 21.4. The Hall–Kier alpha value is -5.35. The van der Waals surface area contributed by atoms with Gasteiger partial charge in [0.1, 0.15) is 40.6 Å². The van der Waals surface area contributed by atoms with Crippen molar-refractivity contribution in [1.82, 2.24) is 24.4 Å². The number of nitriles is 1. The first-order valence-corrected chi connectivity index (χ1v) is 30.0. The molecule has 378 valence electrons. The minimum Gasteiger partial charge on any atom is -0.476 e. The molecule has 71 heavy (non-hydrogen) atoms. The standard InChI is InChI=1S/C53H65ClFN7O7SSi/c1-52(2)16-15-38(45(29-52)37-7-9-40(54)10-8-37)33-60-19-21-61(22-20-60)42-11-12-44(49(28-42)69-48-27-41(55)26-47-46(48)32-58-62(47)35-67-23-24-71(4,5)6)50(63)59-70(65,66)43-25-39(30-56)51(57-31-43)68-34-36-13-17-53(3,64)18-14-36/h7-12,25-28,31-32,36,64H,13-24,29,33-35H2,1-6H3,(H,59,63)/t36-,53-. The number of nitrogens with zero attached hydrogens (tertiary/aromatic N) is 6. The summed E-state index contributed by atoms with van der Waals surface area (Å²) in [4.78, 5) is 22.6. The molecule has 0 unspecified atom stereocenters. The van der Waals surface area contributed by atoms with Gasteiger partial charge in [0.05, 0.1) is 41.1 Å². The second-order valence-electron chi connectivity index (χ2n) is 21.6. The average Bonchev–Trinajstić information content (AvgIpc) is 3.73. The Bertz CT molecular complexity index is 2930. The molecule has 1 aliphatic heterocycles. The Balaban J connectivity index is 1.03. The second-order valence-corrected chi connectivity index (χ2v) is 29.4. The number of carbonyl (C=O) groups excluding carboxylic acids is 1. The molecule has 14 nitrogen and oxygen atoms in total. The number of ether oxygens (including phenoxy) is 3. The third kappa shape index (κ3) is 13.2. The normalized spacial score (nSPS) is 19.9. The molecule has 2 aliphatic carbocycles. The summed E-state index contributed by atoms with van der Waals surface area (Å²) in [5.74, 6) is -1.43. The van der Waals surface area contributed by atoms with Gasteiger partial charge in [0.2, 0.25) is 5.88 Å². The summed E-state index contributed by atoms with van der Waals surface area (Å²) in [6.07, 6.45) is 8.44. The van der Waals surface area contributed by atoms with Gasteiger partial charge in [-0.05, 0) is 111 Å². The summed E-state index contributed by atoms with van der Waals surface area (Å²) < 4.78 is 65.2. The average molecular weight is 1030 g/mol. The molecule has 5 aromatic rings. The Morgan fingerprint density at radius 1 is 0.986 bits per heavy atom. The maximum absolute atomic E-state index is 15.5. The summed E-state index contributed by atoms with van der Waals surface area (Å²) in [6, 6.07) is 19.6. The fraction of sp³-hybridized carbons (Fsp3) is 0.472. The third-order valence-electron chi connectivity index (χ3n) is 14.0. The number of benzene rings is 3. The zero-order valence-electron chi connectivity index (χ0n) is 41.6. The highest BCUT2D eigenvalue weighted by molar-refractivity contribution is 7.90. The van der Waals surface area contributed by atoms with Crippen molar-refractivity contribution < 1.29 is 36.9 Å². The number of aliphatic hydroxyl groups is 1. The molecule has 3 aromatic carbocycles. The highest BCUT2D eigenvalue weighted by atomic mass is 35.5. The maximum atomic E-state index is 15.5. The fourth-order valence-corrected chi connectivity index (χ4v) is 11.3. The van der Waals surface area contributed by atoms with Gasteiger partial charge in [-0.15, -0.1) is 0 Å². The smallest absolute Gasteiger partial charge is 0.268 e. The summed E-state index contributed by atoms with van der Waals surface area (Å²) >= 11 is 6.27. The lowest BCUT2D eigenvalue weighted by Gasteiger charge is -2.39. The zero-order chi connectivity index (χ0) is 50.7. The largest absolute Gasteiger partial charge is 0.476 e. The first-order chi connectivity index (χ1) is 33.6. The van der Waals surface area contributed by atoms with Gasteiger partial charge in [0.15, 0.2) is 0 Å². The summed E-state index contributed by atoms with van der Waals surface area (Å²) in [7, 11) is -5.95. The Morgan fingerprint density at radius 3 is 2.42 bits per heavy atom. The van der Waals surface area contributed by atoms with Crippen LogP contribution in [0.5, 0.6) is 17.4 Å². The molecule has 1 saturated carbocycles. The summed E-state index contributed by atoms with van der Waals surface area (Å²) in [5.41, 5.74) is 4.43. The van der Waals surface area contributed by atoms with Gasteiger partial charge in [-0.3, -0.25) is 9.69 Å². The molecule has 0 atom stereocenters. The number of piperazine rings is 1. The van der Waals surface area contributed by atoms with Crippen molar-refractivity contribution in [2.24, 2.45) is 11.3 Å². The van der Waals surface area contributed by atoms with E-state index in [0.717, 1.165) is 75.7 Å². The van der Waals surface area contributed by atoms with Crippen LogP contribution in [0.1, 0.15) is 87.2 Å². The van der Waals surface area contributed by atoms with Crippen molar-refractivity contribution in [2.75, 3.05) is 50.8 Å². The number of halogens is 2. The molecule has 0 radical (unpaired) electrons. The number of rotatable bonds is 17. The molecular formula is C53H65ClFN7O7SSi. The quantitative estimate of drug-likeness (QED) is 0.0668. The minimum absolute atomic E-state index is 0.00457. The number of anilines is 1. The van der Waals surface area contributed by atoms with Crippen LogP contribution in [0.4, 0.5) is 10.1 Å². The Labute approximate surface area is 422 Å². The number of nitrogens with one attached hydrogen (secondary N) is 1. The monoisotopic (exact) mass is 1030 g/mol. The third-order valence-corrected chi connectivity index (χ3v) is 17.2. The minimum atomic E-state index is -4.60. The predicted molar refractivity (Wildman–Crippen MR) is 277 cm³/mol. The van der Waals surface area contributed by atoms with E-state index < -0.39 is 40.3 Å². The molecule has 3 aliphatic rings. The molecule has 1 amide bonds. The molecule has 1 saturated heterocycles. The highest BCUT2D eigenvalue weighted by Gasteiger charge is 2.32. The highest BCUT2D eigenvalue weighted by Crippen LogP contribution is 2.44. The molecular weight excluding hydrogens is 961 g/mol. The van der Waals surface area contributed by atoms with E-state index in [2.05, 4.69) is 70.2 Å². The van der Waals surface area contributed by atoms with Crippen LogP contribution in [0, 0.1) is 28.5 Å². The molecule has 18 heteroatoms. The van der Waals surface area contributed by atoms with E-state index >= 15 is 4.39 Å². The number of allylic oxidation sites excluding steroid dienone is 1. The van der Waals surface area contributed by atoms with Crippen molar-refractivity contribution in [3.05, 3.63) is 106 Å². The van der Waals surface area contributed by atoms with E-state index in [9.17, 15) is 23.6 Å². The molecule has 8 rings (SSSR count). The molecule has 3 heterocycles. The topological polar surface area (TPSA) is 172 Å². The molecule has 2 aromatic heterocycles. The van der Waals surface area contributed by atoms with Crippen molar-refractivity contribution >= 4 is 57.8 Å². The van der Waals surface area contributed by atoms with Crippen LogP contribution in [-0.2, 0) is 21.5 Å². The molecule has 2 fully saturated rings. The van der Waals surface area contributed by atoms with Crippen molar-refractivity contribution in [3.63, 3.8) is 0 Å². The number of carbonyl (C=O) groups is 1. The van der Waals surface area contributed by atoms with E-state index in [4.69, 9.17) is 25.8 Å². The van der Waals surface area contributed by atoms with Crippen LogP contribution in [-0.4, -0.2) is 98.7 Å². The summed E-state index contributed by atoms with van der Waals surface area (Å²) in [5, 5.41) is 26.0. The van der Waals surface area contributed by atoms with Gasteiger partial charge >= 0.3 is 0 Å². The van der Waals surface area contributed by atoms with Gasteiger partial charge in [-0.2, -0.15) is 10.4 Å². The van der Waals surface area contributed by atoms with E-state index in [1.807, 2.05) is 25.1 Å². The van der Waals surface area contributed by atoms with Crippen LogP contribution in [0.25, 0.3) is 16.5 Å². The number of hydrogen-bond acceptors (Lipinski definition) is 12. The number of fused-ring (bicyclic) bond motifs is 1. The number of pyridine rings is 1. The van der Waals surface area contributed by atoms with E-state index in [1.54, 1.807) is 23.0 Å². The fourth-order valence-electron chi connectivity index (χ4n) is 9.50. The van der Waals surface area contributed by atoms with Crippen LogP contribution in [0.3, 0.4) is 0 Å². The Morgan fingerprint density at radius 2 is 1.72 bits per heavy atom. The first kappa shape index (κ1) is 52.0. The van der Waals surface area contributed by atoms with Crippen molar-refractivity contribution in [3.8, 4) is 23.4 Å². The molecule has 0 spiro atoms. The lowest BCUT2D eigenvalue weighted by atomic mass is 9.72. The SMILES string of the molecule is CC1(C)CCC(CN2CCN(c3ccc(C(=O)NS(=O)(=O)c4cnc(OC[C@H]5CC[C@](C)(O)CC5)c(C#N)c4)c(Oc4cc(F)cc5c4cnn5COCC[Si](C)(C)C)c3)CC2)=C(c2ccc(Cl)cc2)C1. The molecule has 0 bridgehead atoms. The zero-order valence-corrected chi connectivity index (χ0v) is 44.1. The first-order valence-electron chi connectivity index (χ1n) is 24.5. The van der Waals surface area contributed by atoms with Gasteiger partial charge in [-0.1, -0.05) is 62.8 Å². The van der Waals surface area contributed by atoms with Crippen LogP contribution < -0.4 is 19.1 Å². The van der Waals surface area contributed by atoms with Crippen LogP contribution in [0.15, 0.2) is 83.5 Å². The van der Waals surface area contributed by atoms with Gasteiger partial charge in [-0.25, -0.2) is 27.2 Å². The number of aromatic nitrogens is 3. The Kier molecular flexibility index (Phi) is 15.7. The summed E-state index contributed by atoms with van der Waals surface area (Å²) in [6.45, 7) is 17.9. The van der Waals surface area contributed by atoms with Crippen molar-refractivity contribution in [1.29, 1.82) is 5.26 Å². The number of sulfonamides is 1. The number of amides is 1.